The Morgan fingerprint density at radius 1 is 1.07 bits per heavy atom. The smallest absolute Gasteiger partial charge is 0.228 e. The lowest BCUT2D eigenvalue weighted by molar-refractivity contribution is -0.133. The Morgan fingerprint density at radius 3 is 2.55 bits per heavy atom. The summed E-state index contributed by atoms with van der Waals surface area (Å²) < 4.78 is 0. The SMILES string of the molecule is O=C(Nc1ccccn1)C1CCN(C(=O)Cc2csc(-c3ccccc3)n2)CC1. The van der Waals surface area contributed by atoms with Crippen LogP contribution in [0.4, 0.5) is 5.82 Å². The maximum atomic E-state index is 12.7. The first kappa shape index (κ1) is 19.3. The van der Waals surface area contributed by atoms with E-state index < -0.39 is 0 Å². The van der Waals surface area contributed by atoms with Gasteiger partial charge in [0.2, 0.25) is 11.8 Å². The van der Waals surface area contributed by atoms with Crippen LogP contribution in [0.2, 0.25) is 0 Å². The van der Waals surface area contributed by atoms with Crippen LogP contribution in [0.25, 0.3) is 10.6 Å². The minimum Gasteiger partial charge on any atom is -0.342 e. The van der Waals surface area contributed by atoms with Gasteiger partial charge in [0.15, 0.2) is 0 Å². The van der Waals surface area contributed by atoms with E-state index in [4.69, 9.17) is 0 Å². The van der Waals surface area contributed by atoms with E-state index in [0.717, 1.165) is 16.3 Å². The number of benzene rings is 1. The lowest BCUT2D eigenvalue weighted by atomic mass is 9.95. The number of hydrogen-bond acceptors (Lipinski definition) is 5. The molecule has 0 spiro atoms. The van der Waals surface area contributed by atoms with Crippen LogP contribution in [-0.4, -0.2) is 39.8 Å². The zero-order valence-electron chi connectivity index (χ0n) is 16.0. The largest absolute Gasteiger partial charge is 0.342 e. The first-order valence-electron chi connectivity index (χ1n) is 9.68. The van der Waals surface area contributed by atoms with Crippen molar-refractivity contribution in [3.05, 3.63) is 65.8 Å². The van der Waals surface area contributed by atoms with Gasteiger partial charge in [-0.05, 0) is 25.0 Å². The zero-order valence-corrected chi connectivity index (χ0v) is 16.8. The fourth-order valence-electron chi connectivity index (χ4n) is 3.42. The first-order valence-corrected chi connectivity index (χ1v) is 10.6. The second-order valence-electron chi connectivity index (χ2n) is 7.05. The summed E-state index contributed by atoms with van der Waals surface area (Å²) >= 11 is 1.56. The molecule has 1 aliphatic rings. The van der Waals surface area contributed by atoms with Gasteiger partial charge in [-0.3, -0.25) is 9.59 Å². The summed E-state index contributed by atoms with van der Waals surface area (Å²) in [6.07, 6.45) is 3.28. The quantitative estimate of drug-likeness (QED) is 0.702. The second-order valence-corrected chi connectivity index (χ2v) is 7.90. The van der Waals surface area contributed by atoms with E-state index in [1.165, 1.54) is 0 Å². The summed E-state index contributed by atoms with van der Waals surface area (Å²) in [6, 6.07) is 15.4. The maximum absolute atomic E-state index is 12.7. The summed E-state index contributed by atoms with van der Waals surface area (Å²) in [5.74, 6) is 0.514. The fourth-order valence-corrected chi connectivity index (χ4v) is 4.25. The van der Waals surface area contributed by atoms with Crippen LogP contribution in [0.3, 0.4) is 0 Å². The molecular weight excluding hydrogens is 384 g/mol. The number of carbonyl (C=O) groups excluding carboxylic acids is 2. The molecule has 4 rings (SSSR count). The third-order valence-corrected chi connectivity index (χ3v) is 5.98. The van der Waals surface area contributed by atoms with Crippen molar-refractivity contribution >= 4 is 29.0 Å². The molecule has 0 bridgehead atoms. The van der Waals surface area contributed by atoms with Gasteiger partial charge in [0.05, 0.1) is 12.1 Å². The molecular formula is C22H22N4O2S. The third kappa shape index (κ3) is 4.86. The Kier molecular flexibility index (Phi) is 5.95. The van der Waals surface area contributed by atoms with Crippen molar-refractivity contribution in [1.29, 1.82) is 0 Å². The van der Waals surface area contributed by atoms with Crippen molar-refractivity contribution in [3.63, 3.8) is 0 Å². The predicted molar refractivity (Wildman–Crippen MR) is 113 cm³/mol. The molecule has 148 valence electrons. The number of hydrogen-bond donors (Lipinski definition) is 1. The van der Waals surface area contributed by atoms with Crippen LogP contribution in [-0.2, 0) is 16.0 Å². The molecule has 0 atom stereocenters. The topological polar surface area (TPSA) is 75.2 Å². The van der Waals surface area contributed by atoms with Gasteiger partial charge in [0, 0.05) is 36.1 Å². The lowest BCUT2D eigenvalue weighted by Crippen LogP contribution is -2.42. The monoisotopic (exact) mass is 406 g/mol. The van der Waals surface area contributed by atoms with Gasteiger partial charge in [-0.2, -0.15) is 0 Å². The number of piperidine rings is 1. The molecule has 1 fully saturated rings. The van der Waals surface area contributed by atoms with Crippen LogP contribution in [0.5, 0.6) is 0 Å². The highest BCUT2D eigenvalue weighted by atomic mass is 32.1. The molecule has 2 amide bonds. The number of nitrogens with one attached hydrogen (secondary N) is 1. The molecule has 0 unspecified atom stereocenters. The minimum absolute atomic E-state index is 0.0252. The molecule has 0 saturated carbocycles. The van der Waals surface area contributed by atoms with Crippen LogP contribution >= 0.6 is 11.3 Å². The van der Waals surface area contributed by atoms with Gasteiger partial charge in [-0.15, -0.1) is 11.3 Å². The number of amides is 2. The van der Waals surface area contributed by atoms with Gasteiger partial charge in [-0.25, -0.2) is 9.97 Å². The molecule has 1 aliphatic heterocycles. The molecule has 2 aromatic heterocycles. The van der Waals surface area contributed by atoms with Gasteiger partial charge in [0.25, 0.3) is 0 Å². The van der Waals surface area contributed by atoms with Gasteiger partial charge in [0.1, 0.15) is 10.8 Å². The first-order chi connectivity index (χ1) is 14.2. The summed E-state index contributed by atoms with van der Waals surface area (Å²) in [5.41, 5.74) is 1.87. The Labute approximate surface area is 173 Å². The molecule has 1 N–H and O–H groups in total. The Hall–Kier alpha value is -3.06. The number of pyridine rings is 1. The van der Waals surface area contributed by atoms with Gasteiger partial charge < -0.3 is 10.2 Å². The maximum Gasteiger partial charge on any atom is 0.228 e. The van der Waals surface area contributed by atoms with Crippen LogP contribution < -0.4 is 5.32 Å². The molecule has 6 nitrogen and oxygen atoms in total. The number of rotatable bonds is 5. The number of anilines is 1. The van der Waals surface area contributed by atoms with Crippen LogP contribution in [0.15, 0.2) is 60.1 Å². The summed E-state index contributed by atoms with van der Waals surface area (Å²) in [7, 11) is 0. The molecule has 0 radical (unpaired) electrons. The highest BCUT2D eigenvalue weighted by molar-refractivity contribution is 7.13. The van der Waals surface area contributed by atoms with Gasteiger partial charge >= 0.3 is 0 Å². The Bertz CT molecular complexity index is 967. The number of aromatic nitrogens is 2. The third-order valence-electron chi connectivity index (χ3n) is 5.04. The number of likely N-dealkylation sites (tertiary alicyclic amines) is 1. The molecule has 7 heteroatoms. The van der Waals surface area contributed by atoms with E-state index in [1.807, 2.05) is 52.7 Å². The van der Waals surface area contributed by atoms with Crippen molar-refractivity contribution in [2.24, 2.45) is 5.92 Å². The van der Waals surface area contributed by atoms with E-state index in [2.05, 4.69) is 15.3 Å². The molecule has 1 saturated heterocycles. The number of thiazole rings is 1. The van der Waals surface area contributed by atoms with Crippen molar-refractivity contribution in [2.75, 3.05) is 18.4 Å². The van der Waals surface area contributed by atoms with E-state index in [1.54, 1.807) is 23.6 Å². The predicted octanol–water partition coefficient (Wildman–Crippen LogP) is 3.62. The highest BCUT2D eigenvalue weighted by Gasteiger charge is 2.27. The molecule has 3 aromatic rings. The van der Waals surface area contributed by atoms with Gasteiger partial charge in [-0.1, -0.05) is 36.4 Å². The Balaban J connectivity index is 1.28. The van der Waals surface area contributed by atoms with E-state index >= 15 is 0 Å². The van der Waals surface area contributed by atoms with E-state index in [0.29, 0.717) is 38.2 Å². The summed E-state index contributed by atoms with van der Waals surface area (Å²) in [4.78, 5) is 35.6. The number of nitrogens with zero attached hydrogens (tertiary/aromatic N) is 3. The lowest BCUT2D eigenvalue weighted by Gasteiger charge is -2.31. The van der Waals surface area contributed by atoms with Crippen molar-refractivity contribution < 1.29 is 9.59 Å². The fraction of sp³-hybridized carbons (Fsp3) is 0.273. The van der Waals surface area contributed by atoms with Crippen molar-refractivity contribution in [2.45, 2.75) is 19.3 Å². The standard InChI is InChI=1S/C22H22N4O2S/c27-20(14-18-15-29-22(24-18)17-6-2-1-3-7-17)26-12-9-16(10-13-26)21(28)25-19-8-4-5-11-23-19/h1-8,11,15-16H,9-10,12-14H2,(H,23,25,28). The average molecular weight is 407 g/mol. The van der Waals surface area contributed by atoms with Crippen LogP contribution in [0.1, 0.15) is 18.5 Å². The van der Waals surface area contributed by atoms with Crippen LogP contribution in [0, 0.1) is 5.92 Å². The number of carbonyl (C=O) groups is 2. The molecule has 0 aliphatic carbocycles. The average Bonchev–Trinajstić information content (AvgIpc) is 3.23. The minimum atomic E-state index is -0.0926. The van der Waals surface area contributed by atoms with E-state index in [-0.39, 0.29) is 17.7 Å². The normalized spacial score (nSPS) is 14.6. The second kappa shape index (κ2) is 8.96. The molecule has 1 aromatic carbocycles. The highest BCUT2D eigenvalue weighted by Crippen LogP contribution is 2.24. The summed E-state index contributed by atoms with van der Waals surface area (Å²) in [6.45, 7) is 1.18. The Morgan fingerprint density at radius 2 is 1.83 bits per heavy atom. The van der Waals surface area contributed by atoms with Crippen molar-refractivity contribution in [3.8, 4) is 10.6 Å². The molecule has 29 heavy (non-hydrogen) atoms. The summed E-state index contributed by atoms with van der Waals surface area (Å²) in [5, 5.41) is 5.73. The molecule has 3 heterocycles. The van der Waals surface area contributed by atoms with Crippen molar-refractivity contribution in [1.82, 2.24) is 14.9 Å². The zero-order chi connectivity index (χ0) is 20.1. The van der Waals surface area contributed by atoms with E-state index in [9.17, 15) is 9.59 Å².